The Kier molecular flexibility index (Phi) is 5.23. The minimum absolute atomic E-state index is 0.0382. The van der Waals surface area contributed by atoms with Crippen molar-refractivity contribution in [2.45, 2.75) is 19.4 Å². The van der Waals surface area contributed by atoms with Crippen molar-refractivity contribution < 1.29 is 13.6 Å². The predicted molar refractivity (Wildman–Crippen MR) is 93.1 cm³/mol. The normalized spacial score (nSPS) is 10.6. The number of aryl methyl sites for hydroxylation is 1. The van der Waals surface area contributed by atoms with Crippen LogP contribution in [0.2, 0.25) is 0 Å². The number of oxazole rings is 1. The maximum absolute atomic E-state index is 13.2. The highest BCUT2D eigenvalue weighted by atomic mass is 19.1. The number of benzene rings is 2. The van der Waals surface area contributed by atoms with E-state index in [2.05, 4.69) is 4.98 Å². The van der Waals surface area contributed by atoms with Gasteiger partial charge in [0.1, 0.15) is 5.82 Å². The summed E-state index contributed by atoms with van der Waals surface area (Å²) in [4.78, 5) is 18.1. The lowest BCUT2D eigenvalue weighted by Crippen LogP contribution is -2.26. The molecule has 0 aliphatic rings. The van der Waals surface area contributed by atoms with Crippen molar-refractivity contribution in [2.24, 2.45) is 0 Å². The van der Waals surface area contributed by atoms with Crippen LogP contribution in [0.1, 0.15) is 17.9 Å². The lowest BCUT2D eigenvalue weighted by atomic mass is 10.2. The van der Waals surface area contributed by atoms with Crippen molar-refractivity contribution in [3.63, 3.8) is 0 Å². The predicted octanol–water partition coefficient (Wildman–Crippen LogP) is 4.07. The lowest BCUT2D eigenvalue weighted by Gasteiger charge is -2.16. The maximum atomic E-state index is 13.2. The zero-order chi connectivity index (χ0) is 17.6. The van der Waals surface area contributed by atoms with Crippen molar-refractivity contribution in [1.82, 2.24) is 9.88 Å². The molecule has 3 aromatic rings. The van der Waals surface area contributed by atoms with Gasteiger partial charge < -0.3 is 9.32 Å². The molecular formula is C20H19FN2O2. The number of rotatable bonds is 6. The van der Waals surface area contributed by atoms with Gasteiger partial charge in [-0.1, -0.05) is 42.5 Å². The van der Waals surface area contributed by atoms with E-state index >= 15 is 0 Å². The molecular weight excluding hydrogens is 319 g/mol. The molecule has 2 aromatic carbocycles. The number of halogens is 1. The number of carbonyl (C=O) groups is 1. The fourth-order valence-electron chi connectivity index (χ4n) is 2.56. The van der Waals surface area contributed by atoms with Crippen molar-refractivity contribution in [3.05, 3.63) is 78.1 Å². The van der Waals surface area contributed by atoms with Crippen LogP contribution in [0.3, 0.4) is 0 Å². The second-order valence-corrected chi connectivity index (χ2v) is 5.86. The first-order valence-electron chi connectivity index (χ1n) is 8.10. The summed E-state index contributed by atoms with van der Waals surface area (Å²) < 4.78 is 18.9. The highest BCUT2D eigenvalue weighted by Gasteiger charge is 2.12. The van der Waals surface area contributed by atoms with Gasteiger partial charge in [-0.25, -0.2) is 9.37 Å². The topological polar surface area (TPSA) is 46.3 Å². The molecule has 3 rings (SSSR count). The third kappa shape index (κ3) is 4.53. The molecule has 0 unspecified atom stereocenters. The molecule has 5 heteroatoms. The number of carbonyl (C=O) groups excluding carboxylic acids is 1. The van der Waals surface area contributed by atoms with Gasteiger partial charge in [0, 0.05) is 32.0 Å². The van der Waals surface area contributed by atoms with Crippen LogP contribution >= 0.6 is 0 Å². The molecule has 0 spiro atoms. The molecule has 0 atom stereocenters. The fourth-order valence-corrected chi connectivity index (χ4v) is 2.56. The summed E-state index contributed by atoms with van der Waals surface area (Å²) in [7, 11) is 1.71. The van der Waals surface area contributed by atoms with E-state index < -0.39 is 0 Å². The first-order chi connectivity index (χ1) is 12.1. The number of aromatic nitrogens is 1. The summed E-state index contributed by atoms with van der Waals surface area (Å²) in [6.07, 6.45) is 2.39. The van der Waals surface area contributed by atoms with Crippen LogP contribution in [-0.2, 0) is 17.8 Å². The van der Waals surface area contributed by atoms with Crippen molar-refractivity contribution in [2.75, 3.05) is 7.05 Å². The molecule has 0 aliphatic heterocycles. The molecule has 0 radical (unpaired) electrons. The Morgan fingerprint density at radius 3 is 2.72 bits per heavy atom. The Morgan fingerprint density at radius 2 is 1.96 bits per heavy atom. The van der Waals surface area contributed by atoms with Gasteiger partial charge in [-0.05, 0) is 17.7 Å². The monoisotopic (exact) mass is 338 g/mol. The van der Waals surface area contributed by atoms with E-state index in [9.17, 15) is 9.18 Å². The molecule has 0 fully saturated rings. The number of hydrogen-bond acceptors (Lipinski definition) is 3. The van der Waals surface area contributed by atoms with E-state index in [1.165, 1.54) is 12.1 Å². The summed E-state index contributed by atoms with van der Waals surface area (Å²) in [6.45, 7) is 0.372. The van der Waals surface area contributed by atoms with Crippen LogP contribution in [0, 0.1) is 5.82 Å². The van der Waals surface area contributed by atoms with Crippen molar-refractivity contribution >= 4 is 5.91 Å². The molecule has 0 N–H and O–H groups in total. The Hall–Kier alpha value is -2.95. The largest absolute Gasteiger partial charge is 0.441 e. The zero-order valence-corrected chi connectivity index (χ0v) is 14.0. The van der Waals surface area contributed by atoms with Gasteiger partial charge in [0.2, 0.25) is 5.91 Å². The van der Waals surface area contributed by atoms with Crippen LogP contribution in [0.4, 0.5) is 4.39 Å². The third-order valence-corrected chi connectivity index (χ3v) is 3.90. The molecule has 4 nitrogen and oxygen atoms in total. The Balaban J connectivity index is 1.54. The average molecular weight is 338 g/mol. The molecule has 25 heavy (non-hydrogen) atoms. The van der Waals surface area contributed by atoms with Crippen LogP contribution in [0.15, 0.2) is 65.2 Å². The van der Waals surface area contributed by atoms with Gasteiger partial charge in [-0.2, -0.15) is 0 Å². The molecule has 1 amide bonds. The van der Waals surface area contributed by atoms with Crippen molar-refractivity contribution in [3.8, 4) is 11.3 Å². The summed E-state index contributed by atoms with van der Waals surface area (Å²) in [5.41, 5.74) is 1.72. The average Bonchev–Trinajstić information content (AvgIpc) is 3.09. The number of amides is 1. The zero-order valence-electron chi connectivity index (χ0n) is 14.0. The second-order valence-electron chi connectivity index (χ2n) is 5.86. The SMILES string of the molecule is CN(Cc1cccc(F)c1)C(=O)CCc1ncc(-c2ccccc2)o1. The number of nitrogens with zero attached hydrogens (tertiary/aromatic N) is 2. The van der Waals surface area contributed by atoms with E-state index in [0.717, 1.165) is 11.1 Å². The lowest BCUT2D eigenvalue weighted by molar-refractivity contribution is -0.130. The molecule has 0 saturated carbocycles. The van der Waals surface area contributed by atoms with Crippen LogP contribution < -0.4 is 0 Å². The molecule has 128 valence electrons. The Morgan fingerprint density at radius 1 is 1.16 bits per heavy atom. The van der Waals surface area contributed by atoms with E-state index in [0.29, 0.717) is 31.0 Å². The van der Waals surface area contributed by atoms with Gasteiger partial charge in [0.25, 0.3) is 0 Å². The van der Waals surface area contributed by atoms with Crippen LogP contribution in [0.25, 0.3) is 11.3 Å². The Labute approximate surface area is 145 Å². The highest BCUT2D eigenvalue weighted by molar-refractivity contribution is 5.76. The van der Waals surface area contributed by atoms with E-state index in [4.69, 9.17) is 4.42 Å². The molecule has 1 aromatic heterocycles. The van der Waals surface area contributed by atoms with E-state index in [-0.39, 0.29) is 11.7 Å². The van der Waals surface area contributed by atoms with Crippen LogP contribution in [0.5, 0.6) is 0 Å². The summed E-state index contributed by atoms with van der Waals surface area (Å²) in [5, 5.41) is 0. The molecule has 0 bridgehead atoms. The first-order valence-corrected chi connectivity index (χ1v) is 8.10. The third-order valence-electron chi connectivity index (χ3n) is 3.90. The molecule has 0 saturated heterocycles. The Bertz CT molecular complexity index is 846. The van der Waals surface area contributed by atoms with Gasteiger partial charge >= 0.3 is 0 Å². The maximum Gasteiger partial charge on any atom is 0.223 e. The minimum atomic E-state index is -0.299. The van der Waals surface area contributed by atoms with E-state index in [1.807, 2.05) is 30.3 Å². The standard InChI is InChI=1S/C20H19FN2O2/c1-23(14-15-6-5-9-17(21)12-15)20(24)11-10-19-22-13-18(25-19)16-7-3-2-4-8-16/h2-9,12-13H,10-11,14H2,1H3. The summed E-state index contributed by atoms with van der Waals surface area (Å²) in [6, 6.07) is 16.0. The van der Waals surface area contributed by atoms with Gasteiger partial charge in [0.15, 0.2) is 11.7 Å². The van der Waals surface area contributed by atoms with Gasteiger partial charge in [-0.15, -0.1) is 0 Å². The summed E-state index contributed by atoms with van der Waals surface area (Å²) in [5.74, 6) is 0.887. The second kappa shape index (κ2) is 7.75. The first kappa shape index (κ1) is 16.9. The van der Waals surface area contributed by atoms with Crippen LogP contribution in [-0.4, -0.2) is 22.8 Å². The summed E-state index contributed by atoms with van der Waals surface area (Å²) >= 11 is 0. The number of hydrogen-bond donors (Lipinski definition) is 0. The van der Waals surface area contributed by atoms with E-state index in [1.54, 1.807) is 30.3 Å². The van der Waals surface area contributed by atoms with Gasteiger partial charge in [-0.3, -0.25) is 4.79 Å². The van der Waals surface area contributed by atoms with Gasteiger partial charge in [0.05, 0.1) is 6.20 Å². The molecule has 1 heterocycles. The molecule has 0 aliphatic carbocycles. The van der Waals surface area contributed by atoms with Crippen molar-refractivity contribution in [1.29, 1.82) is 0 Å². The minimum Gasteiger partial charge on any atom is -0.441 e. The highest BCUT2D eigenvalue weighted by Crippen LogP contribution is 2.20. The smallest absolute Gasteiger partial charge is 0.223 e. The quantitative estimate of drug-likeness (QED) is 0.680. The fraction of sp³-hybridized carbons (Fsp3) is 0.200.